The lowest BCUT2D eigenvalue weighted by Gasteiger charge is -1.82. The first kappa shape index (κ1) is 4.90. The highest BCUT2D eigenvalue weighted by Gasteiger charge is 1.91. The zero-order valence-corrected chi connectivity index (χ0v) is 4.15. The van der Waals surface area contributed by atoms with Gasteiger partial charge in [0.15, 0.2) is 0 Å². The first-order valence-electron chi connectivity index (χ1n) is 2.18. The van der Waals surface area contributed by atoms with Gasteiger partial charge in [0.25, 0.3) is 0 Å². The van der Waals surface area contributed by atoms with Crippen LogP contribution in [0.1, 0.15) is 0 Å². The molecule has 0 amide bonds. The average molecular weight is 112 g/mol. The van der Waals surface area contributed by atoms with Crippen LogP contribution in [0.25, 0.3) is 0 Å². The number of hydrogen-bond acceptors (Lipinski definition) is 2. The second kappa shape index (κ2) is 1.69. The highest BCUT2D eigenvalue weighted by molar-refractivity contribution is 5.11. The van der Waals surface area contributed by atoms with E-state index in [1.54, 1.807) is 0 Å². The molecule has 3 nitrogen and oxygen atoms in total. The highest BCUT2D eigenvalue weighted by atomic mass is 16.5. The lowest BCUT2D eigenvalue weighted by atomic mass is 10.5. The molecular formula is C5H6NO2+. The van der Waals surface area contributed by atoms with Gasteiger partial charge < -0.3 is 5.11 Å². The molecule has 0 radical (unpaired) electrons. The summed E-state index contributed by atoms with van der Waals surface area (Å²) in [6, 6.07) is 2.78. The summed E-state index contributed by atoms with van der Waals surface area (Å²) in [7, 11) is 0. The van der Waals surface area contributed by atoms with Gasteiger partial charge in [0.1, 0.15) is 5.75 Å². The molecule has 1 aromatic rings. The van der Waals surface area contributed by atoms with E-state index in [1.165, 1.54) is 24.5 Å². The van der Waals surface area contributed by atoms with Gasteiger partial charge in [-0.05, 0) is 0 Å². The Morgan fingerprint density at radius 3 is 2.12 bits per heavy atom. The molecule has 0 aromatic carbocycles. The Morgan fingerprint density at radius 2 is 1.75 bits per heavy atom. The molecule has 0 bridgehead atoms. The zero-order valence-electron chi connectivity index (χ0n) is 4.15. The number of aromatic nitrogens is 1. The van der Waals surface area contributed by atoms with Crippen LogP contribution in [0.2, 0.25) is 0 Å². The fourth-order valence-corrected chi connectivity index (χ4v) is 0.411. The lowest BCUT2D eigenvalue weighted by molar-refractivity contribution is -0.904. The zero-order chi connectivity index (χ0) is 5.98. The average Bonchev–Trinajstić information content (AvgIpc) is 1.77. The summed E-state index contributed by atoms with van der Waals surface area (Å²) in [5.74, 6) is 0.148. The van der Waals surface area contributed by atoms with E-state index in [-0.39, 0.29) is 5.75 Å². The molecule has 3 heteroatoms. The van der Waals surface area contributed by atoms with Crippen molar-refractivity contribution in [3.63, 3.8) is 0 Å². The Morgan fingerprint density at radius 1 is 1.25 bits per heavy atom. The second-order valence-corrected chi connectivity index (χ2v) is 1.44. The fraction of sp³-hybridized carbons (Fsp3) is 0. The Bertz CT molecular complexity index is 149. The van der Waals surface area contributed by atoms with Crippen LogP contribution in [0.3, 0.4) is 0 Å². The summed E-state index contributed by atoms with van der Waals surface area (Å²) in [4.78, 5) is 0. The van der Waals surface area contributed by atoms with Crippen LogP contribution < -0.4 is 4.73 Å². The molecule has 8 heavy (non-hydrogen) atoms. The maximum Gasteiger partial charge on any atom is 0.225 e. The third-order valence-corrected chi connectivity index (χ3v) is 0.796. The molecule has 2 N–H and O–H groups in total. The molecule has 0 aliphatic carbocycles. The Kier molecular flexibility index (Phi) is 1.04. The van der Waals surface area contributed by atoms with Crippen molar-refractivity contribution in [3.05, 3.63) is 24.5 Å². The van der Waals surface area contributed by atoms with Crippen LogP contribution in [0.4, 0.5) is 0 Å². The third-order valence-electron chi connectivity index (χ3n) is 0.796. The predicted molar refractivity (Wildman–Crippen MR) is 25.5 cm³/mol. The standard InChI is InChI=1S/C5H5NO2/c7-5-1-3-6(8)4-2-5/h1-4,8H/p+1. The van der Waals surface area contributed by atoms with Gasteiger partial charge >= 0.3 is 0 Å². The second-order valence-electron chi connectivity index (χ2n) is 1.44. The van der Waals surface area contributed by atoms with Crippen molar-refractivity contribution < 1.29 is 15.0 Å². The van der Waals surface area contributed by atoms with E-state index in [9.17, 15) is 0 Å². The summed E-state index contributed by atoms with van der Waals surface area (Å²) in [5, 5.41) is 17.2. The minimum Gasteiger partial charge on any atom is -0.507 e. The van der Waals surface area contributed by atoms with Gasteiger partial charge in [0, 0.05) is 16.9 Å². The molecule has 0 fully saturated rings. The van der Waals surface area contributed by atoms with Crippen molar-refractivity contribution in [1.82, 2.24) is 0 Å². The summed E-state index contributed by atoms with van der Waals surface area (Å²) < 4.78 is 0.861. The molecule has 0 aliphatic heterocycles. The van der Waals surface area contributed by atoms with E-state index >= 15 is 0 Å². The first-order chi connectivity index (χ1) is 3.79. The summed E-state index contributed by atoms with van der Waals surface area (Å²) in [5.41, 5.74) is 0. The van der Waals surface area contributed by atoms with Gasteiger partial charge in [0.05, 0.1) is 0 Å². The van der Waals surface area contributed by atoms with Gasteiger partial charge in [-0.1, -0.05) is 0 Å². The number of hydrogen-bond donors (Lipinski definition) is 2. The Hall–Kier alpha value is -1.25. The van der Waals surface area contributed by atoms with Crippen LogP contribution in [-0.4, -0.2) is 10.3 Å². The maximum absolute atomic E-state index is 8.63. The SMILES string of the molecule is Oc1cc[n+](O)cc1. The third kappa shape index (κ3) is 0.872. The smallest absolute Gasteiger partial charge is 0.225 e. The minimum atomic E-state index is 0.148. The molecule has 1 aromatic heterocycles. The molecular weight excluding hydrogens is 106 g/mol. The molecule has 0 saturated heterocycles. The van der Waals surface area contributed by atoms with E-state index in [0.717, 1.165) is 4.73 Å². The molecule has 1 rings (SSSR count). The van der Waals surface area contributed by atoms with Gasteiger partial charge in [-0.15, -0.1) is 0 Å². The summed E-state index contributed by atoms with van der Waals surface area (Å²) in [6.07, 6.45) is 2.69. The van der Waals surface area contributed by atoms with Crippen molar-refractivity contribution >= 4 is 0 Å². The van der Waals surface area contributed by atoms with Crippen molar-refractivity contribution in [3.8, 4) is 5.75 Å². The van der Waals surface area contributed by atoms with Crippen molar-refractivity contribution in [2.24, 2.45) is 0 Å². The van der Waals surface area contributed by atoms with Crippen LogP contribution >= 0.6 is 0 Å². The molecule has 0 atom stereocenters. The van der Waals surface area contributed by atoms with Crippen molar-refractivity contribution in [2.75, 3.05) is 0 Å². The van der Waals surface area contributed by atoms with Gasteiger partial charge in [-0.3, -0.25) is 5.21 Å². The fourth-order valence-electron chi connectivity index (χ4n) is 0.411. The minimum absolute atomic E-state index is 0.148. The predicted octanol–water partition coefficient (Wildman–Crippen LogP) is -0.0830. The molecule has 42 valence electrons. The number of aromatic hydroxyl groups is 1. The normalized spacial score (nSPS) is 9.00. The Balaban J connectivity index is 3.03. The van der Waals surface area contributed by atoms with Crippen LogP contribution in [0.15, 0.2) is 24.5 Å². The monoisotopic (exact) mass is 112 g/mol. The number of rotatable bonds is 0. The quantitative estimate of drug-likeness (QED) is 0.364. The first-order valence-corrected chi connectivity index (χ1v) is 2.18. The number of nitrogens with zero attached hydrogens (tertiary/aromatic N) is 1. The maximum atomic E-state index is 8.63. The summed E-state index contributed by atoms with van der Waals surface area (Å²) in [6.45, 7) is 0. The summed E-state index contributed by atoms with van der Waals surface area (Å²) >= 11 is 0. The van der Waals surface area contributed by atoms with E-state index < -0.39 is 0 Å². The van der Waals surface area contributed by atoms with E-state index in [1.807, 2.05) is 0 Å². The lowest BCUT2D eigenvalue weighted by Crippen LogP contribution is -2.27. The van der Waals surface area contributed by atoms with Gasteiger partial charge in [0.2, 0.25) is 12.4 Å². The van der Waals surface area contributed by atoms with E-state index in [2.05, 4.69) is 0 Å². The van der Waals surface area contributed by atoms with Crippen LogP contribution in [0, 0.1) is 0 Å². The molecule has 0 saturated carbocycles. The molecule has 1 heterocycles. The van der Waals surface area contributed by atoms with Crippen LogP contribution in [-0.2, 0) is 0 Å². The Labute approximate surface area is 46.4 Å². The van der Waals surface area contributed by atoms with E-state index in [4.69, 9.17) is 10.3 Å². The van der Waals surface area contributed by atoms with Crippen LogP contribution in [0.5, 0.6) is 5.75 Å². The molecule has 0 unspecified atom stereocenters. The van der Waals surface area contributed by atoms with Crippen molar-refractivity contribution in [1.29, 1.82) is 0 Å². The van der Waals surface area contributed by atoms with Gasteiger partial charge in [-0.25, -0.2) is 0 Å². The van der Waals surface area contributed by atoms with E-state index in [0.29, 0.717) is 0 Å². The topological polar surface area (TPSA) is 44.3 Å². The molecule has 0 aliphatic rings. The molecule has 0 spiro atoms. The van der Waals surface area contributed by atoms with Crippen molar-refractivity contribution in [2.45, 2.75) is 0 Å². The highest BCUT2D eigenvalue weighted by Crippen LogP contribution is 1.99. The number of pyridine rings is 1. The largest absolute Gasteiger partial charge is 0.507 e. The van der Waals surface area contributed by atoms with Gasteiger partial charge in [-0.2, -0.15) is 0 Å².